The van der Waals surface area contributed by atoms with Gasteiger partial charge in [0.1, 0.15) is 5.75 Å². The van der Waals surface area contributed by atoms with Crippen molar-refractivity contribution >= 4 is 22.8 Å². The first-order chi connectivity index (χ1) is 13.7. The summed E-state index contributed by atoms with van der Waals surface area (Å²) < 4.78 is 7.84. The smallest absolute Gasteiger partial charge is 0.345 e. The van der Waals surface area contributed by atoms with Crippen molar-refractivity contribution < 1.29 is 24.5 Å². The first-order valence-electron chi connectivity index (χ1n) is 9.50. The van der Waals surface area contributed by atoms with Gasteiger partial charge in [-0.15, -0.1) is 0 Å². The highest BCUT2D eigenvalue weighted by atomic mass is 16.5. The van der Waals surface area contributed by atoms with E-state index in [4.69, 9.17) is 4.74 Å². The van der Waals surface area contributed by atoms with Gasteiger partial charge in [0.15, 0.2) is 6.10 Å². The number of aliphatic carboxylic acids is 1. The molecule has 0 bridgehead atoms. The van der Waals surface area contributed by atoms with E-state index >= 15 is 0 Å². The molecule has 0 fully saturated rings. The number of hydrogen-bond acceptors (Lipinski definition) is 3. The van der Waals surface area contributed by atoms with E-state index in [2.05, 4.69) is 4.57 Å². The van der Waals surface area contributed by atoms with Gasteiger partial charge >= 0.3 is 11.9 Å². The van der Waals surface area contributed by atoms with Crippen LogP contribution in [-0.4, -0.2) is 32.8 Å². The topological polar surface area (TPSA) is 88.8 Å². The Morgan fingerprint density at radius 3 is 2.41 bits per heavy atom. The van der Waals surface area contributed by atoms with Crippen molar-refractivity contribution in [2.24, 2.45) is 5.92 Å². The molecule has 2 N–H and O–H groups in total. The number of rotatable bonds is 7. The van der Waals surface area contributed by atoms with Gasteiger partial charge in [0.05, 0.1) is 5.56 Å². The molecule has 152 valence electrons. The van der Waals surface area contributed by atoms with E-state index in [1.165, 1.54) is 0 Å². The van der Waals surface area contributed by atoms with E-state index in [1.807, 2.05) is 52.0 Å². The molecule has 1 heterocycles. The molecule has 2 aromatic carbocycles. The number of carbonyl (C=O) groups is 2. The number of hydrogen-bond donors (Lipinski definition) is 2. The van der Waals surface area contributed by atoms with Gasteiger partial charge in [-0.3, -0.25) is 0 Å². The second-order valence-corrected chi connectivity index (χ2v) is 7.60. The number of aryl methyl sites for hydroxylation is 1. The monoisotopic (exact) mass is 395 g/mol. The molecule has 0 saturated heterocycles. The lowest BCUT2D eigenvalue weighted by atomic mass is 10.1. The fourth-order valence-electron chi connectivity index (χ4n) is 3.50. The summed E-state index contributed by atoms with van der Waals surface area (Å²) in [4.78, 5) is 22.7. The predicted molar refractivity (Wildman–Crippen MR) is 111 cm³/mol. The fourth-order valence-corrected chi connectivity index (χ4v) is 3.50. The van der Waals surface area contributed by atoms with E-state index in [0.29, 0.717) is 12.3 Å². The van der Waals surface area contributed by atoms with Crippen molar-refractivity contribution in [2.45, 2.75) is 40.3 Å². The van der Waals surface area contributed by atoms with Crippen LogP contribution in [0.2, 0.25) is 0 Å². The van der Waals surface area contributed by atoms with Gasteiger partial charge in [0.2, 0.25) is 0 Å². The minimum absolute atomic E-state index is 0.155. The highest BCUT2D eigenvalue weighted by molar-refractivity contribution is 5.95. The molecular weight excluding hydrogens is 370 g/mol. The average molecular weight is 395 g/mol. The average Bonchev–Trinajstić information content (AvgIpc) is 2.90. The number of carboxylic acid groups (broad SMARTS) is 2. The van der Waals surface area contributed by atoms with Crippen molar-refractivity contribution in [2.75, 3.05) is 0 Å². The highest BCUT2D eigenvalue weighted by Crippen LogP contribution is 2.28. The molecule has 6 heteroatoms. The molecule has 1 aromatic heterocycles. The van der Waals surface area contributed by atoms with E-state index in [9.17, 15) is 19.8 Å². The van der Waals surface area contributed by atoms with Crippen molar-refractivity contribution in [3.8, 4) is 5.75 Å². The van der Waals surface area contributed by atoms with Crippen molar-refractivity contribution in [3.63, 3.8) is 0 Å². The maximum absolute atomic E-state index is 11.4. The third-order valence-corrected chi connectivity index (χ3v) is 5.24. The summed E-state index contributed by atoms with van der Waals surface area (Å²) in [5.74, 6) is -1.57. The number of fused-ring (bicyclic) bond motifs is 1. The predicted octanol–water partition coefficient (Wildman–Crippen LogP) is 4.49. The molecule has 0 aliphatic heterocycles. The Labute approximate surface area is 169 Å². The molecule has 6 nitrogen and oxygen atoms in total. The van der Waals surface area contributed by atoms with E-state index in [0.717, 1.165) is 27.7 Å². The lowest BCUT2D eigenvalue weighted by Gasteiger charge is -2.19. The third-order valence-electron chi connectivity index (χ3n) is 5.24. The number of nitrogens with zero attached hydrogens (tertiary/aromatic N) is 1. The molecular formula is C23H25NO5. The summed E-state index contributed by atoms with van der Waals surface area (Å²) in [6.45, 7) is 8.19. The highest BCUT2D eigenvalue weighted by Gasteiger charge is 2.23. The van der Waals surface area contributed by atoms with Crippen LogP contribution >= 0.6 is 0 Å². The minimum Gasteiger partial charge on any atom is -0.478 e. The molecule has 3 aromatic rings. The molecule has 0 aliphatic carbocycles. The van der Waals surface area contributed by atoms with Crippen LogP contribution in [0.4, 0.5) is 0 Å². The van der Waals surface area contributed by atoms with Gasteiger partial charge in [-0.05, 0) is 55.3 Å². The van der Waals surface area contributed by atoms with Gasteiger partial charge < -0.3 is 19.5 Å². The first-order valence-corrected chi connectivity index (χ1v) is 9.50. The van der Waals surface area contributed by atoms with Crippen molar-refractivity contribution in [3.05, 3.63) is 64.8 Å². The zero-order chi connectivity index (χ0) is 21.3. The second kappa shape index (κ2) is 7.99. The Morgan fingerprint density at radius 1 is 1.07 bits per heavy atom. The molecule has 0 radical (unpaired) electrons. The van der Waals surface area contributed by atoms with Crippen molar-refractivity contribution in [1.82, 2.24) is 4.57 Å². The number of aromatic nitrogens is 1. The molecule has 0 unspecified atom stereocenters. The van der Waals surface area contributed by atoms with Crippen LogP contribution in [0.25, 0.3) is 10.9 Å². The second-order valence-electron chi connectivity index (χ2n) is 7.60. The van der Waals surface area contributed by atoms with E-state index in [-0.39, 0.29) is 11.5 Å². The Balaban J connectivity index is 1.94. The summed E-state index contributed by atoms with van der Waals surface area (Å²) in [7, 11) is 0. The van der Waals surface area contributed by atoms with E-state index < -0.39 is 18.0 Å². The van der Waals surface area contributed by atoms with Crippen LogP contribution in [0.3, 0.4) is 0 Å². The van der Waals surface area contributed by atoms with Crippen molar-refractivity contribution in [1.29, 1.82) is 0 Å². The Morgan fingerprint density at radius 2 is 1.79 bits per heavy atom. The molecule has 0 spiro atoms. The normalized spacial score (nSPS) is 12.3. The summed E-state index contributed by atoms with van der Waals surface area (Å²) >= 11 is 0. The van der Waals surface area contributed by atoms with Gasteiger partial charge in [-0.2, -0.15) is 0 Å². The molecule has 0 amide bonds. The van der Waals surface area contributed by atoms with Crippen LogP contribution in [0.15, 0.2) is 42.5 Å². The first kappa shape index (κ1) is 20.5. The quantitative estimate of drug-likeness (QED) is 0.615. The zero-order valence-corrected chi connectivity index (χ0v) is 17.0. The summed E-state index contributed by atoms with van der Waals surface area (Å²) in [6.07, 6.45) is -0.906. The molecule has 0 aliphatic rings. The Kier molecular flexibility index (Phi) is 5.64. The van der Waals surface area contributed by atoms with Crippen LogP contribution < -0.4 is 4.74 Å². The van der Waals surface area contributed by atoms with Crippen LogP contribution in [0.1, 0.15) is 41.0 Å². The van der Waals surface area contributed by atoms with E-state index in [1.54, 1.807) is 18.2 Å². The standard InChI is InChI=1S/C23H25NO5/c1-13(2)21(23(27)28)29-18-7-5-6-16(10-18)12-24-15(4)14(3)19-11-17(22(25)26)8-9-20(19)24/h5-11,13,21H,12H2,1-4H3,(H,25,26)(H,27,28)/t21-/m1/s1. The molecule has 29 heavy (non-hydrogen) atoms. The maximum atomic E-state index is 11.4. The SMILES string of the molecule is Cc1c(C)n(Cc2cccc(O[C@@H](C(=O)O)C(C)C)c2)c2ccc(C(=O)O)cc12. The lowest BCUT2D eigenvalue weighted by Crippen LogP contribution is -2.32. The summed E-state index contributed by atoms with van der Waals surface area (Å²) in [5.41, 5.74) is 4.29. The Bertz CT molecular complexity index is 1080. The van der Waals surface area contributed by atoms with Crippen LogP contribution in [-0.2, 0) is 11.3 Å². The number of ether oxygens (including phenoxy) is 1. The van der Waals surface area contributed by atoms with Gasteiger partial charge in [0, 0.05) is 29.1 Å². The number of aromatic carboxylic acids is 1. The molecule has 1 atom stereocenters. The minimum atomic E-state index is -0.984. The van der Waals surface area contributed by atoms with Gasteiger partial charge in [-0.25, -0.2) is 9.59 Å². The molecule has 0 saturated carbocycles. The zero-order valence-electron chi connectivity index (χ0n) is 17.0. The van der Waals surface area contributed by atoms with Crippen LogP contribution in [0.5, 0.6) is 5.75 Å². The Hall–Kier alpha value is -3.28. The fraction of sp³-hybridized carbons (Fsp3) is 0.304. The lowest BCUT2D eigenvalue weighted by molar-refractivity contribution is -0.147. The van der Waals surface area contributed by atoms with Gasteiger partial charge in [-0.1, -0.05) is 26.0 Å². The maximum Gasteiger partial charge on any atom is 0.345 e. The number of benzene rings is 2. The summed E-state index contributed by atoms with van der Waals surface area (Å²) in [5, 5.41) is 19.5. The van der Waals surface area contributed by atoms with Gasteiger partial charge in [0.25, 0.3) is 0 Å². The number of carboxylic acids is 2. The van der Waals surface area contributed by atoms with Crippen LogP contribution in [0, 0.1) is 19.8 Å². The molecule has 3 rings (SSSR count). The largest absolute Gasteiger partial charge is 0.478 e. The summed E-state index contributed by atoms with van der Waals surface area (Å²) in [6, 6.07) is 12.6. The third kappa shape index (κ3) is 4.11.